The summed E-state index contributed by atoms with van der Waals surface area (Å²) < 4.78 is 28.2. The van der Waals surface area contributed by atoms with Crippen molar-refractivity contribution in [1.82, 2.24) is 4.98 Å². The molecule has 0 saturated heterocycles. The third-order valence-electron chi connectivity index (χ3n) is 5.42. The fraction of sp³-hybridized carbons (Fsp3) is 0.160. The number of anilines is 1. The van der Waals surface area contributed by atoms with Gasteiger partial charge in [-0.1, -0.05) is 65.7 Å². The zero-order valence-corrected chi connectivity index (χ0v) is 18.4. The molecule has 4 aromatic rings. The molecule has 0 radical (unpaired) electrons. The van der Waals surface area contributed by atoms with Crippen LogP contribution >= 0.6 is 0 Å². The zero-order chi connectivity index (χ0) is 21.5. The number of aromatic nitrogens is 1. The van der Waals surface area contributed by atoms with Crippen LogP contribution in [0.1, 0.15) is 16.7 Å². The quantitative estimate of drug-likeness (QED) is 0.432. The second-order valence-electron chi connectivity index (χ2n) is 7.61. The Labute approximate surface area is 177 Å². The first kappa shape index (κ1) is 20.1. The molecule has 152 valence electrons. The first-order chi connectivity index (χ1) is 14.3. The predicted molar refractivity (Wildman–Crippen MR) is 123 cm³/mol. The first-order valence-corrected chi connectivity index (χ1v) is 11.2. The molecule has 3 aromatic carbocycles. The Hall–Kier alpha value is -3.18. The van der Waals surface area contributed by atoms with E-state index in [1.54, 1.807) is 31.3 Å². The molecule has 30 heavy (non-hydrogen) atoms. The summed E-state index contributed by atoms with van der Waals surface area (Å²) >= 11 is 0. The molecule has 4 nitrogen and oxygen atoms in total. The summed E-state index contributed by atoms with van der Waals surface area (Å²) in [6.45, 7) is 5.99. The Morgan fingerprint density at radius 2 is 1.50 bits per heavy atom. The standard InChI is InChI=1S/C25H24N2O2S/c1-17-12-14-21(15-13-17)30(28,29)27(4)25-24(20-9-7-8-18(2)16-20)19(3)22-10-5-6-11-23(22)26-25/h5-16H,1-4H3. The van der Waals surface area contributed by atoms with E-state index in [1.165, 1.54) is 4.31 Å². The van der Waals surface area contributed by atoms with Crippen LogP contribution in [0.4, 0.5) is 5.82 Å². The molecule has 0 N–H and O–H groups in total. The van der Waals surface area contributed by atoms with Gasteiger partial charge in [-0.25, -0.2) is 13.4 Å². The van der Waals surface area contributed by atoms with Crippen LogP contribution in [0.15, 0.2) is 77.7 Å². The van der Waals surface area contributed by atoms with Gasteiger partial charge in [0.2, 0.25) is 0 Å². The number of aryl methyl sites for hydroxylation is 3. The van der Waals surface area contributed by atoms with Crippen molar-refractivity contribution in [2.24, 2.45) is 0 Å². The normalized spacial score (nSPS) is 11.6. The van der Waals surface area contributed by atoms with Crippen molar-refractivity contribution in [2.75, 3.05) is 11.4 Å². The number of nitrogens with zero attached hydrogens (tertiary/aromatic N) is 2. The Kier molecular flexibility index (Phi) is 5.08. The van der Waals surface area contributed by atoms with E-state index in [0.717, 1.165) is 38.7 Å². The highest BCUT2D eigenvalue weighted by Crippen LogP contribution is 2.38. The molecule has 0 fully saturated rings. The van der Waals surface area contributed by atoms with Gasteiger partial charge in [0.15, 0.2) is 5.82 Å². The summed E-state index contributed by atoms with van der Waals surface area (Å²) in [5.74, 6) is 0.428. The van der Waals surface area contributed by atoms with Crippen LogP contribution in [-0.2, 0) is 10.0 Å². The van der Waals surface area contributed by atoms with Gasteiger partial charge in [-0.05, 0) is 50.1 Å². The average Bonchev–Trinajstić information content (AvgIpc) is 2.73. The molecule has 0 aliphatic rings. The Morgan fingerprint density at radius 1 is 0.800 bits per heavy atom. The molecular weight excluding hydrogens is 392 g/mol. The minimum Gasteiger partial charge on any atom is -0.252 e. The van der Waals surface area contributed by atoms with E-state index in [4.69, 9.17) is 4.98 Å². The summed E-state index contributed by atoms with van der Waals surface area (Å²) in [5, 5.41) is 1.01. The number of pyridine rings is 1. The second kappa shape index (κ2) is 7.58. The molecular formula is C25H24N2O2S. The van der Waals surface area contributed by atoms with E-state index in [2.05, 4.69) is 6.07 Å². The van der Waals surface area contributed by atoms with Crippen LogP contribution in [0.3, 0.4) is 0 Å². The number of hydrogen-bond donors (Lipinski definition) is 0. The number of rotatable bonds is 4. The van der Waals surface area contributed by atoms with Crippen molar-refractivity contribution in [1.29, 1.82) is 0 Å². The molecule has 1 heterocycles. The lowest BCUT2D eigenvalue weighted by Crippen LogP contribution is -2.28. The van der Waals surface area contributed by atoms with Gasteiger partial charge < -0.3 is 0 Å². The highest BCUT2D eigenvalue weighted by Gasteiger charge is 2.26. The smallest absolute Gasteiger partial charge is 0.252 e. The van der Waals surface area contributed by atoms with Crippen LogP contribution in [0.25, 0.3) is 22.0 Å². The van der Waals surface area contributed by atoms with Gasteiger partial charge in [0.25, 0.3) is 10.0 Å². The van der Waals surface area contributed by atoms with Crippen LogP contribution < -0.4 is 4.31 Å². The topological polar surface area (TPSA) is 50.3 Å². The lowest BCUT2D eigenvalue weighted by molar-refractivity contribution is 0.594. The van der Waals surface area contributed by atoms with Gasteiger partial charge in [-0.15, -0.1) is 0 Å². The highest BCUT2D eigenvalue weighted by molar-refractivity contribution is 7.92. The number of fused-ring (bicyclic) bond motifs is 1. The maximum atomic E-state index is 13.4. The molecule has 5 heteroatoms. The van der Waals surface area contributed by atoms with Gasteiger partial charge in [0.05, 0.1) is 10.4 Å². The number of sulfonamides is 1. The molecule has 1 aromatic heterocycles. The summed E-state index contributed by atoms with van der Waals surface area (Å²) in [6, 6.07) is 22.8. The van der Waals surface area contributed by atoms with Crippen molar-refractivity contribution in [3.63, 3.8) is 0 Å². The van der Waals surface area contributed by atoms with E-state index in [1.807, 2.05) is 63.2 Å². The van der Waals surface area contributed by atoms with Crippen molar-refractivity contribution < 1.29 is 8.42 Å². The molecule has 4 rings (SSSR count). The van der Waals surface area contributed by atoms with Crippen molar-refractivity contribution in [3.05, 3.63) is 89.5 Å². The van der Waals surface area contributed by atoms with Crippen LogP contribution in [-0.4, -0.2) is 20.4 Å². The minimum absolute atomic E-state index is 0.249. The maximum absolute atomic E-state index is 13.4. The largest absolute Gasteiger partial charge is 0.265 e. The molecule has 0 spiro atoms. The molecule has 0 saturated carbocycles. The van der Waals surface area contributed by atoms with E-state index < -0.39 is 10.0 Å². The third kappa shape index (κ3) is 3.46. The van der Waals surface area contributed by atoms with Crippen LogP contribution in [0, 0.1) is 20.8 Å². The average molecular weight is 417 g/mol. The SMILES string of the molecule is Cc1ccc(S(=O)(=O)N(C)c2nc3ccccc3c(C)c2-c2cccc(C)c2)cc1. The van der Waals surface area contributed by atoms with Gasteiger partial charge in [-0.3, -0.25) is 4.31 Å². The van der Waals surface area contributed by atoms with E-state index in [9.17, 15) is 8.42 Å². The first-order valence-electron chi connectivity index (χ1n) is 9.81. The number of hydrogen-bond acceptors (Lipinski definition) is 3. The number of para-hydroxylation sites is 1. The third-order valence-corrected chi connectivity index (χ3v) is 7.18. The molecule has 0 amide bonds. The monoisotopic (exact) mass is 416 g/mol. The predicted octanol–water partition coefficient (Wildman–Crippen LogP) is 5.65. The maximum Gasteiger partial charge on any atom is 0.265 e. The van der Waals surface area contributed by atoms with E-state index in [0.29, 0.717) is 5.82 Å². The second-order valence-corrected chi connectivity index (χ2v) is 9.58. The molecule has 0 unspecified atom stereocenters. The highest BCUT2D eigenvalue weighted by atomic mass is 32.2. The fourth-order valence-corrected chi connectivity index (χ4v) is 4.87. The van der Waals surface area contributed by atoms with Gasteiger partial charge in [0.1, 0.15) is 0 Å². The Morgan fingerprint density at radius 3 is 2.20 bits per heavy atom. The lowest BCUT2D eigenvalue weighted by Gasteiger charge is -2.24. The molecule has 0 aliphatic heterocycles. The van der Waals surface area contributed by atoms with Gasteiger partial charge in [-0.2, -0.15) is 0 Å². The Bertz CT molecular complexity index is 1340. The molecule has 0 bridgehead atoms. The van der Waals surface area contributed by atoms with E-state index in [-0.39, 0.29) is 4.90 Å². The summed E-state index contributed by atoms with van der Waals surface area (Å²) in [6.07, 6.45) is 0. The van der Waals surface area contributed by atoms with Gasteiger partial charge >= 0.3 is 0 Å². The Balaban J connectivity index is 1.99. The van der Waals surface area contributed by atoms with Crippen LogP contribution in [0.5, 0.6) is 0 Å². The van der Waals surface area contributed by atoms with Crippen molar-refractivity contribution >= 4 is 26.7 Å². The van der Waals surface area contributed by atoms with E-state index >= 15 is 0 Å². The molecule has 0 atom stereocenters. The summed E-state index contributed by atoms with van der Waals surface area (Å²) in [7, 11) is -2.19. The zero-order valence-electron chi connectivity index (χ0n) is 17.5. The number of benzene rings is 3. The lowest BCUT2D eigenvalue weighted by atomic mass is 9.96. The van der Waals surface area contributed by atoms with Crippen molar-refractivity contribution in [2.45, 2.75) is 25.7 Å². The van der Waals surface area contributed by atoms with Gasteiger partial charge in [0, 0.05) is 18.0 Å². The molecule has 0 aliphatic carbocycles. The van der Waals surface area contributed by atoms with Crippen LogP contribution in [0.2, 0.25) is 0 Å². The fourth-order valence-electron chi connectivity index (χ4n) is 3.72. The summed E-state index contributed by atoms with van der Waals surface area (Å²) in [4.78, 5) is 5.05. The van der Waals surface area contributed by atoms with Crippen molar-refractivity contribution in [3.8, 4) is 11.1 Å². The minimum atomic E-state index is -3.76. The summed E-state index contributed by atoms with van der Waals surface area (Å²) in [5.41, 5.74) is 5.67.